The zero-order valence-corrected chi connectivity index (χ0v) is 13.9. The SMILES string of the molecule is CC(C)Cn1ccnc(N2CC(CCl)OC(C)(C)C2)c1=O. The Labute approximate surface area is 130 Å². The molecular weight excluding hydrogens is 290 g/mol. The van der Waals surface area contributed by atoms with Gasteiger partial charge in [-0.05, 0) is 19.8 Å². The molecule has 1 fully saturated rings. The number of aromatic nitrogens is 2. The summed E-state index contributed by atoms with van der Waals surface area (Å²) in [6, 6.07) is 0. The first-order valence-corrected chi connectivity index (χ1v) is 7.90. The van der Waals surface area contributed by atoms with E-state index in [1.54, 1.807) is 17.0 Å². The Morgan fingerprint density at radius 1 is 1.52 bits per heavy atom. The number of morpholine rings is 1. The van der Waals surface area contributed by atoms with Crippen molar-refractivity contribution in [1.29, 1.82) is 0 Å². The Bertz CT molecular complexity index is 542. The lowest BCUT2D eigenvalue weighted by Crippen LogP contribution is -2.55. The van der Waals surface area contributed by atoms with Gasteiger partial charge in [0.1, 0.15) is 0 Å². The van der Waals surface area contributed by atoms with Crippen LogP contribution in [0.3, 0.4) is 0 Å². The Morgan fingerprint density at radius 3 is 2.86 bits per heavy atom. The van der Waals surface area contributed by atoms with Crippen LogP contribution in [0.1, 0.15) is 27.7 Å². The van der Waals surface area contributed by atoms with E-state index in [9.17, 15) is 4.79 Å². The Morgan fingerprint density at radius 2 is 2.24 bits per heavy atom. The first kappa shape index (κ1) is 16.3. The average Bonchev–Trinajstić information content (AvgIpc) is 2.38. The van der Waals surface area contributed by atoms with Gasteiger partial charge in [0.25, 0.3) is 5.56 Å². The van der Waals surface area contributed by atoms with Crippen LogP contribution in [-0.2, 0) is 11.3 Å². The molecule has 0 N–H and O–H groups in total. The summed E-state index contributed by atoms with van der Waals surface area (Å²) in [6.07, 6.45) is 3.35. The van der Waals surface area contributed by atoms with Crippen molar-refractivity contribution < 1.29 is 4.74 Å². The first-order valence-electron chi connectivity index (χ1n) is 7.36. The fourth-order valence-corrected chi connectivity index (χ4v) is 2.89. The molecule has 0 amide bonds. The van der Waals surface area contributed by atoms with Crippen LogP contribution in [0, 0.1) is 5.92 Å². The minimum Gasteiger partial charge on any atom is -0.367 e. The zero-order chi connectivity index (χ0) is 15.6. The third-order valence-electron chi connectivity index (χ3n) is 3.41. The largest absolute Gasteiger partial charge is 0.367 e. The van der Waals surface area contributed by atoms with Crippen LogP contribution in [0.4, 0.5) is 5.82 Å². The Hall–Kier alpha value is -1.07. The molecule has 0 radical (unpaired) electrons. The van der Waals surface area contributed by atoms with Crippen LogP contribution < -0.4 is 10.5 Å². The highest BCUT2D eigenvalue weighted by Gasteiger charge is 2.34. The number of ether oxygens (including phenoxy) is 1. The van der Waals surface area contributed by atoms with Crippen molar-refractivity contribution in [3.63, 3.8) is 0 Å². The van der Waals surface area contributed by atoms with Gasteiger partial charge >= 0.3 is 0 Å². The molecule has 2 rings (SSSR count). The molecule has 1 atom stereocenters. The molecular formula is C15H24ClN3O2. The van der Waals surface area contributed by atoms with E-state index >= 15 is 0 Å². The molecule has 2 heterocycles. The Kier molecular flexibility index (Phi) is 4.94. The minimum absolute atomic E-state index is 0.0442. The molecule has 0 spiro atoms. The maximum Gasteiger partial charge on any atom is 0.293 e. The Balaban J connectivity index is 2.30. The number of nitrogens with zero attached hydrogens (tertiary/aromatic N) is 3. The standard InChI is InChI=1S/C15H24ClN3O2/c1-11(2)8-18-6-5-17-13(14(18)20)19-9-12(7-16)21-15(3,4)10-19/h5-6,11-12H,7-10H2,1-4H3. The number of anilines is 1. The van der Waals surface area contributed by atoms with Gasteiger partial charge in [0, 0.05) is 32.0 Å². The van der Waals surface area contributed by atoms with Gasteiger partial charge < -0.3 is 14.2 Å². The molecule has 118 valence electrons. The smallest absolute Gasteiger partial charge is 0.293 e. The molecule has 1 aromatic heterocycles. The summed E-state index contributed by atoms with van der Waals surface area (Å²) in [4.78, 5) is 18.9. The van der Waals surface area contributed by atoms with E-state index in [-0.39, 0.29) is 17.3 Å². The average molecular weight is 314 g/mol. The van der Waals surface area contributed by atoms with Crippen LogP contribution in [-0.4, -0.2) is 40.2 Å². The molecule has 0 aromatic carbocycles. The molecule has 21 heavy (non-hydrogen) atoms. The van der Waals surface area contributed by atoms with Crippen molar-refractivity contribution in [2.75, 3.05) is 23.9 Å². The van der Waals surface area contributed by atoms with E-state index < -0.39 is 0 Å². The van der Waals surface area contributed by atoms with Gasteiger partial charge in [0.05, 0.1) is 17.6 Å². The van der Waals surface area contributed by atoms with E-state index in [1.165, 1.54) is 0 Å². The molecule has 0 bridgehead atoms. The molecule has 0 aliphatic carbocycles. The number of hydrogen-bond acceptors (Lipinski definition) is 4. The normalized spacial score (nSPS) is 21.8. The van der Waals surface area contributed by atoms with Gasteiger partial charge in [-0.3, -0.25) is 4.79 Å². The summed E-state index contributed by atoms with van der Waals surface area (Å²) < 4.78 is 7.63. The topological polar surface area (TPSA) is 47.4 Å². The first-order chi connectivity index (χ1) is 9.82. The third-order valence-corrected chi connectivity index (χ3v) is 3.75. The summed E-state index contributed by atoms with van der Waals surface area (Å²) >= 11 is 5.94. The van der Waals surface area contributed by atoms with E-state index in [0.717, 1.165) is 0 Å². The highest BCUT2D eigenvalue weighted by molar-refractivity contribution is 6.18. The van der Waals surface area contributed by atoms with E-state index in [2.05, 4.69) is 18.8 Å². The summed E-state index contributed by atoms with van der Waals surface area (Å²) in [5.41, 5.74) is -0.387. The van der Waals surface area contributed by atoms with Crippen LogP contribution in [0.5, 0.6) is 0 Å². The number of hydrogen-bond donors (Lipinski definition) is 0. The van der Waals surface area contributed by atoms with Crippen molar-refractivity contribution in [3.05, 3.63) is 22.7 Å². The van der Waals surface area contributed by atoms with Gasteiger partial charge in [-0.1, -0.05) is 13.8 Å². The van der Waals surface area contributed by atoms with Crippen LogP contribution in [0.2, 0.25) is 0 Å². The highest BCUT2D eigenvalue weighted by Crippen LogP contribution is 2.23. The fourth-order valence-electron chi connectivity index (χ4n) is 2.73. The summed E-state index contributed by atoms with van der Waals surface area (Å²) in [5, 5.41) is 0. The molecule has 1 aliphatic heterocycles. The monoisotopic (exact) mass is 313 g/mol. The lowest BCUT2D eigenvalue weighted by Gasteiger charge is -2.42. The van der Waals surface area contributed by atoms with E-state index in [0.29, 0.717) is 37.3 Å². The molecule has 1 saturated heterocycles. The lowest BCUT2D eigenvalue weighted by atomic mass is 10.1. The second-order valence-corrected chi connectivity index (χ2v) is 6.95. The number of halogens is 1. The maximum atomic E-state index is 12.6. The third kappa shape index (κ3) is 3.98. The van der Waals surface area contributed by atoms with Gasteiger partial charge in [0.15, 0.2) is 5.82 Å². The van der Waals surface area contributed by atoms with Crippen molar-refractivity contribution in [2.45, 2.75) is 45.9 Å². The number of alkyl halides is 1. The highest BCUT2D eigenvalue weighted by atomic mass is 35.5. The predicted molar refractivity (Wildman–Crippen MR) is 85.2 cm³/mol. The van der Waals surface area contributed by atoms with Gasteiger partial charge in [-0.2, -0.15) is 0 Å². The molecule has 1 unspecified atom stereocenters. The van der Waals surface area contributed by atoms with Gasteiger partial charge in [-0.15, -0.1) is 11.6 Å². The van der Waals surface area contributed by atoms with Crippen LogP contribution in [0.25, 0.3) is 0 Å². The van der Waals surface area contributed by atoms with Gasteiger partial charge in [0.2, 0.25) is 0 Å². The van der Waals surface area contributed by atoms with E-state index in [1.807, 2.05) is 18.7 Å². The second kappa shape index (κ2) is 6.36. The second-order valence-electron chi connectivity index (χ2n) is 6.64. The summed E-state index contributed by atoms with van der Waals surface area (Å²) in [6.45, 7) is 10.1. The van der Waals surface area contributed by atoms with Crippen LogP contribution >= 0.6 is 11.6 Å². The molecule has 5 nitrogen and oxygen atoms in total. The van der Waals surface area contributed by atoms with Crippen molar-refractivity contribution >= 4 is 17.4 Å². The van der Waals surface area contributed by atoms with Crippen molar-refractivity contribution in [2.24, 2.45) is 5.92 Å². The summed E-state index contributed by atoms with van der Waals surface area (Å²) in [7, 11) is 0. The molecule has 6 heteroatoms. The van der Waals surface area contributed by atoms with Gasteiger partial charge in [-0.25, -0.2) is 4.98 Å². The van der Waals surface area contributed by atoms with Crippen molar-refractivity contribution in [3.8, 4) is 0 Å². The molecule has 1 aromatic rings. The zero-order valence-electron chi connectivity index (χ0n) is 13.2. The molecule has 1 aliphatic rings. The molecule has 0 saturated carbocycles. The predicted octanol–water partition coefficient (Wildman–Crippen LogP) is 2.12. The fraction of sp³-hybridized carbons (Fsp3) is 0.733. The lowest BCUT2D eigenvalue weighted by molar-refractivity contribution is -0.0737. The quantitative estimate of drug-likeness (QED) is 0.799. The van der Waals surface area contributed by atoms with Crippen LogP contribution in [0.15, 0.2) is 17.2 Å². The van der Waals surface area contributed by atoms with E-state index in [4.69, 9.17) is 16.3 Å². The summed E-state index contributed by atoms with van der Waals surface area (Å²) in [5.74, 6) is 1.31. The number of rotatable bonds is 4. The minimum atomic E-state index is -0.343. The van der Waals surface area contributed by atoms with Crippen molar-refractivity contribution in [1.82, 2.24) is 9.55 Å². The maximum absolute atomic E-state index is 12.6.